The number of carbonyl (C=O) groups is 2. The molecule has 2 N–H and O–H groups in total. The predicted octanol–water partition coefficient (Wildman–Crippen LogP) is 2.25. The van der Waals surface area contributed by atoms with Gasteiger partial charge in [-0.05, 0) is 31.5 Å². The van der Waals surface area contributed by atoms with Crippen LogP contribution in [0.2, 0.25) is 0 Å². The van der Waals surface area contributed by atoms with E-state index in [9.17, 15) is 9.59 Å². The lowest BCUT2D eigenvalue weighted by Gasteiger charge is -2.48. The Morgan fingerprint density at radius 2 is 2.00 bits per heavy atom. The van der Waals surface area contributed by atoms with Crippen LogP contribution in [0.3, 0.4) is 0 Å². The lowest BCUT2D eigenvalue weighted by molar-refractivity contribution is -0.189. The average Bonchev–Trinajstić information content (AvgIpc) is 2.59. The third-order valence-corrected chi connectivity index (χ3v) is 4.96. The summed E-state index contributed by atoms with van der Waals surface area (Å²) in [5, 5.41) is 11.9. The van der Waals surface area contributed by atoms with Gasteiger partial charge in [-0.15, -0.1) is 0 Å². The van der Waals surface area contributed by atoms with Gasteiger partial charge in [0.25, 0.3) is 0 Å². The first-order chi connectivity index (χ1) is 12.4. The highest BCUT2D eigenvalue weighted by atomic mass is 16.5. The molecule has 1 aromatic carbocycles. The number of hydrogen-bond donors (Lipinski definition) is 2. The Balaban J connectivity index is 1.59. The monoisotopic (exact) mass is 362 g/mol. The molecule has 3 atom stereocenters. The molecule has 0 aliphatic carbocycles. The van der Waals surface area contributed by atoms with E-state index in [0.29, 0.717) is 26.2 Å². The second-order valence-electron chi connectivity index (χ2n) is 7.29. The van der Waals surface area contributed by atoms with Gasteiger partial charge in [0.1, 0.15) is 0 Å². The molecule has 3 rings (SSSR count). The van der Waals surface area contributed by atoms with Crippen molar-refractivity contribution in [2.24, 2.45) is 0 Å². The molecule has 7 heteroatoms. The number of nitrogens with one attached hydrogen (secondary N) is 1. The molecular weight excluding hydrogens is 336 g/mol. The Morgan fingerprint density at radius 1 is 1.27 bits per heavy atom. The summed E-state index contributed by atoms with van der Waals surface area (Å²) in [5.41, 5.74) is 0.771. The van der Waals surface area contributed by atoms with Crippen LogP contribution in [0.25, 0.3) is 0 Å². The number of carbonyl (C=O) groups excluding carboxylic acids is 1. The Hall–Kier alpha value is -2.12. The second kappa shape index (κ2) is 7.63. The molecular formula is C19H26N2O5. The molecule has 0 radical (unpaired) electrons. The van der Waals surface area contributed by atoms with Crippen LogP contribution in [-0.4, -0.2) is 59.5 Å². The zero-order valence-electron chi connectivity index (χ0n) is 15.2. The maximum absolute atomic E-state index is 12.6. The smallest absolute Gasteiger partial charge is 0.335 e. The van der Waals surface area contributed by atoms with Crippen molar-refractivity contribution in [3.8, 4) is 0 Å². The van der Waals surface area contributed by atoms with Crippen molar-refractivity contribution in [2.45, 2.75) is 51.0 Å². The van der Waals surface area contributed by atoms with Gasteiger partial charge in [-0.25, -0.2) is 9.59 Å². The summed E-state index contributed by atoms with van der Waals surface area (Å²) in [4.78, 5) is 25.3. The minimum Gasteiger partial charge on any atom is -0.478 e. The number of nitrogens with zero attached hydrogens (tertiary/aromatic N) is 1. The highest BCUT2D eigenvalue weighted by Gasteiger charge is 2.44. The van der Waals surface area contributed by atoms with Gasteiger partial charge in [-0.2, -0.15) is 0 Å². The average molecular weight is 362 g/mol. The molecule has 1 spiro atoms. The summed E-state index contributed by atoms with van der Waals surface area (Å²) in [6.07, 6.45) is 1.70. The molecule has 142 valence electrons. The Morgan fingerprint density at radius 3 is 2.65 bits per heavy atom. The Labute approximate surface area is 153 Å². The SMILES string of the molecule is CC1CC2(CCO1)CN(C(=O)NCc1ccc(C(=O)O)cc1)CC(C)O2. The summed E-state index contributed by atoms with van der Waals surface area (Å²) < 4.78 is 11.8. The van der Waals surface area contributed by atoms with E-state index in [1.54, 1.807) is 24.3 Å². The molecule has 2 heterocycles. The fraction of sp³-hybridized carbons (Fsp3) is 0.579. The van der Waals surface area contributed by atoms with Gasteiger partial charge in [0.2, 0.25) is 0 Å². The Bertz CT molecular complexity index is 658. The molecule has 0 aromatic heterocycles. The standard InChI is InChI=1S/C19H26N2O5/c1-13-9-19(7-8-25-13)12-21(11-14(2)26-19)18(24)20-10-15-3-5-16(6-4-15)17(22)23/h3-6,13-14H,7-12H2,1-2H3,(H,20,24)(H,22,23). The minimum atomic E-state index is -0.959. The lowest BCUT2D eigenvalue weighted by Crippen LogP contribution is -2.60. The molecule has 0 bridgehead atoms. The van der Waals surface area contributed by atoms with E-state index in [-0.39, 0.29) is 29.4 Å². The van der Waals surface area contributed by atoms with Crippen LogP contribution in [-0.2, 0) is 16.0 Å². The van der Waals surface area contributed by atoms with Gasteiger partial charge in [0.15, 0.2) is 0 Å². The van der Waals surface area contributed by atoms with E-state index in [1.807, 2.05) is 18.7 Å². The van der Waals surface area contributed by atoms with Crippen molar-refractivity contribution in [2.75, 3.05) is 19.7 Å². The maximum atomic E-state index is 12.6. The number of ether oxygens (including phenoxy) is 2. The van der Waals surface area contributed by atoms with Gasteiger partial charge in [0.05, 0.1) is 29.9 Å². The van der Waals surface area contributed by atoms with Crippen LogP contribution in [0.15, 0.2) is 24.3 Å². The highest BCUT2D eigenvalue weighted by Crippen LogP contribution is 2.33. The largest absolute Gasteiger partial charge is 0.478 e. The molecule has 1 aromatic rings. The Kier molecular flexibility index (Phi) is 5.48. The topological polar surface area (TPSA) is 88.1 Å². The van der Waals surface area contributed by atoms with Crippen molar-refractivity contribution in [1.29, 1.82) is 0 Å². The maximum Gasteiger partial charge on any atom is 0.335 e. The summed E-state index contributed by atoms with van der Waals surface area (Å²) in [7, 11) is 0. The van der Waals surface area contributed by atoms with Gasteiger partial charge in [-0.3, -0.25) is 0 Å². The summed E-state index contributed by atoms with van der Waals surface area (Å²) in [6.45, 7) is 6.16. The van der Waals surface area contributed by atoms with Gasteiger partial charge in [-0.1, -0.05) is 12.1 Å². The third-order valence-electron chi connectivity index (χ3n) is 4.96. The first-order valence-corrected chi connectivity index (χ1v) is 9.01. The van der Waals surface area contributed by atoms with E-state index in [2.05, 4.69) is 5.32 Å². The number of aromatic carboxylic acids is 1. The molecule has 0 saturated carbocycles. The van der Waals surface area contributed by atoms with Crippen molar-refractivity contribution in [3.05, 3.63) is 35.4 Å². The van der Waals surface area contributed by atoms with E-state index >= 15 is 0 Å². The number of amides is 2. The van der Waals surface area contributed by atoms with Crippen LogP contribution in [0.5, 0.6) is 0 Å². The normalized spacial score (nSPS) is 28.8. The van der Waals surface area contributed by atoms with Gasteiger partial charge < -0.3 is 24.8 Å². The summed E-state index contributed by atoms with van der Waals surface area (Å²) in [6, 6.07) is 6.39. The molecule has 2 amide bonds. The quantitative estimate of drug-likeness (QED) is 0.861. The van der Waals surface area contributed by atoms with Crippen LogP contribution in [0.4, 0.5) is 4.79 Å². The van der Waals surface area contributed by atoms with Crippen LogP contribution in [0, 0.1) is 0 Å². The number of morpholine rings is 1. The lowest BCUT2D eigenvalue weighted by atomic mass is 9.88. The highest BCUT2D eigenvalue weighted by molar-refractivity contribution is 5.87. The number of hydrogen-bond acceptors (Lipinski definition) is 4. The third kappa shape index (κ3) is 4.34. The van der Waals surface area contributed by atoms with E-state index in [0.717, 1.165) is 18.4 Å². The summed E-state index contributed by atoms with van der Waals surface area (Å²) in [5.74, 6) is -0.959. The predicted molar refractivity (Wildman–Crippen MR) is 95.1 cm³/mol. The van der Waals surface area contributed by atoms with Crippen molar-refractivity contribution in [3.63, 3.8) is 0 Å². The van der Waals surface area contributed by atoms with E-state index in [4.69, 9.17) is 14.6 Å². The number of benzene rings is 1. The van der Waals surface area contributed by atoms with Crippen LogP contribution in [0.1, 0.15) is 42.6 Å². The molecule has 2 fully saturated rings. The molecule has 7 nitrogen and oxygen atoms in total. The zero-order valence-corrected chi connectivity index (χ0v) is 15.2. The molecule has 26 heavy (non-hydrogen) atoms. The van der Waals surface area contributed by atoms with Crippen molar-refractivity contribution >= 4 is 12.0 Å². The molecule has 2 saturated heterocycles. The number of rotatable bonds is 3. The first-order valence-electron chi connectivity index (χ1n) is 9.01. The molecule has 2 aliphatic heterocycles. The second-order valence-corrected chi connectivity index (χ2v) is 7.29. The zero-order chi connectivity index (χ0) is 18.7. The van der Waals surface area contributed by atoms with Crippen LogP contribution < -0.4 is 5.32 Å². The number of carboxylic acids is 1. The van der Waals surface area contributed by atoms with Crippen molar-refractivity contribution < 1.29 is 24.2 Å². The summed E-state index contributed by atoms with van der Waals surface area (Å²) >= 11 is 0. The minimum absolute atomic E-state index is 0.0188. The van der Waals surface area contributed by atoms with E-state index in [1.165, 1.54) is 0 Å². The molecule has 2 aliphatic rings. The molecule has 3 unspecified atom stereocenters. The van der Waals surface area contributed by atoms with E-state index < -0.39 is 5.97 Å². The number of carboxylic acid groups (broad SMARTS) is 1. The van der Waals surface area contributed by atoms with Gasteiger partial charge in [0, 0.05) is 32.5 Å². The van der Waals surface area contributed by atoms with Crippen molar-refractivity contribution in [1.82, 2.24) is 10.2 Å². The number of urea groups is 1. The fourth-order valence-corrected chi connectivity index (χ4v) is 3.82. The van der Waals surface area contributed by atoms with Gasteiger partial charge >= 0.3 is 12.0 Å². The fourth-order valence-electron chi connectivity index (χ4n) is 3.82. The van der Waals surface area contributed by atoms with Crippen LogP contribution >= 0.6 is 0 Å². The first kappa shape index (κ1) is 18.7.